The lowest BCUT2D eigenvalue weighted by Crippen LogP contribution is -2.22. The fourth-order valence-corrected chi connectivity index (χ4v) is 3.73. The zero-order valence-electron chi connectivity index (χ0n) is 14.8. The molecule has 1 aromatic rings. The molecule has 1 aliphatic heterocycles. The van der Waals surface area contributed by atoms with Gasteiger partial charge in [-0.1, -0.05) is 66.8 Å². The van der Waals surface area contributed by atoms with E-state index in [4.69, 9.17) is 0 Å². The molecule has 1 saturated heterocycles. The number of allylic oxidation sites excluding steroid dienone is 7. The molecule has 1 fully saturated rings. The van der Waals surface area contributed by atoms with Crippen LogP contribution in [0.5, 0.6) is 0 Å². The first-order chi connectivity index (χ1) is 11.7. The average Bonchev–Trinajstić information content (AvgIpc) is 2.90. The van der Waals surface area contributed by atoms with Crippen LogP contribution in [0.15, 0.2) is 83.8 Å². The van der Waals surface area contributed by atoms with Gasteiger partial charge in [-0.3, -0.25) is 0 Å². The summed E-state index contributed by atoms with van der Waals surface area (Å²) in [5, 5.41) is 0. The Morgan fingerprint density at radius 1 is 1.25 bits per heavy atom. The van der Waals surface area contributed by atoms with Crippen molar-refractivity contribution in [2.75, 3.05) is 6.54 Å². The quantitative estimate of drug-likeness (QED) is 0.619. The highest BCUT2D eigenvalue weighted by molar-refractivity contribution is 5.32. The summed E-state index contributed by atoms with van der Waals surface area (Å²) in [5.74, 6) is 0.524. The molecule has 24 heavy (non-hydrogen) atoms. The van der Waals surface area contributed by atoms with Crippen LogP contribution in [0.4, 0.5) is 0 Å². The molecule has 0 unspecified atom stereocenters. The van der Waals surface area contributed by atoms with E-state index >= 15 is 0 Å². The molecule has 0 bridgehead atoms. The van der Waals surface area contributed by atoms with Crippen LogP contribution < -0.4 is 0 Å². The third-order valence-corrected chi connectivity index (χ3v) is 5.18. The van der Waals surface area contributed by atoms with Gasteiger partial charge in [-0.05, 0) is 44.2 Å². The van der Waals surface area contributed by atoms with Gasteiger partial charge in [0.1, 0.15) is 0 Å². The molecule has 0 aromatic heterocycles. The van der Waals surface area contributed by atoms with Gasteiger partial charge in [0.05, 0.1) is 11.7 Å². The van der Waals surface area contributed by atoms with Gasteiger partial charge >= 0.3 is 0 Å². The lowest BCUT2D eigenvalue weighted by Gasteiger charge is -2.28. The minimum atomic E-state index is 0.376. The van der Waals surface area contributed by atoms with Gasteiger partial charge in [0.25, 0.3) is 0 Å². The first-order valence-electron chi connectivity index (χ1n) is 8.93. The Balaban J connectivity index is 1.75. The molecule has 1 aliphatic carbocycles. The van der Waals surface area contributed by atoms with E-state index in [0.29, 0.717) is 12.0 Å². The number of hydrogen-bond acceptors (Lipinski definition) is 1. The van der Waals surface area contributed by atoms with Crippen LogP contribution in [0.2, 0.25) is 0 Å². The Kier molecular flexibility index (Phi) is 5.23. The minimum absolute atomic E-state index is 0.376. The summed E-state index contributed by atoms with van der Waals surface area (Å²) in [6.07, 6.45) is 12.4. The molecule has 3 rings (SSSR count). The molecule has 0 amide bonds. The maximum absolute atomic E-state index is 3.99. The topological polar surface area (TPSA) is 3.24 Å². The molecule has 1 heteroatoms. The number of rotatable bonds is 4. The monoisotopic (exact) mass is 317 g/mol. The van der Waals surface area contributed by atoms with Crippen LogP contribution in [-0.2, 0) is 0 Å². The minimum Gasteiger partial charge on any atom is -0.362 e. The number of benzene rings is 1. The van der Waals surface area contributed by atoms with E-state index in [9.17, 15) is 0 Å². The third kappa shape index (κ3) is 3.63. The molecule has 0 spiro atoms. The predicted molar refractivity (Wildman–Crippen MR) is 103 cm³/mol. The highest BCUT2D eigenvalue weighted by Crippen LogP contribution is 2.38. The predicted octanol–water partition coefficient (Wildman–Crippen LogP) is 5.96. The summed E-state index contributed by atoms with van der Waals surface area (Å²) in [7, 11) is 0. The van der Waals surface area contributed by atoms with Crippen molar-refractivity contribution >= 4 is 0 Å². The highest BCUT2D eigenvalue weighted by atomic mass is 15.2. The van der Waals surface area contributed by atoms with Crippen LogP contribution in [0.25, 0.3) is 0 Å². The molecular weight excluding hydrogens is 290 g/mol. The van der Waals surface area contributed by atoms with Gasteiger partial charge in [-0.15, -0.1) is 5.73 Å². The fourth-order valence-electron chi connectivity index (χ4n) is 3.73. The van der Waals surface area contributed by atoms with Crippen LogP contribution in [0.3, 0.4) is 0 Å². The van der Waals surface area contributed by atoms with E-state index in [0.717, 1.165) is 19.4 Å². The Morgan fingerprint density at radius 3 is 2.79 bits per heavy atom. The van der Waals surface area contributed by atoms with Crippen LogP contribution in [0, 0.1) is 5.92 Å². The molecule has 124 valence electrons. The van der Waals surface area contributed by atoms with Gasteiger partial charge in [0.15, 0.2) is 0 Å². The molecular formula is C23H27N. The van der Waals surface area contributed by atoms with E-state index in [2.05, 4.69) is 85.7 Å². The van der Waals surface area contributed by atoms with Gasteiger partial charge < -0.3 is 4.90 Å². The molecule has 1 nitrogen and oxygen atoms in total. The standard InChI is InChI=1S/C23H27N/c1-4-23-22(17-20-10-8-9-18(2)13-14-20)15-16-24(23)19(3)21-11-6-5-7-12-21/h5-8,10-14,19,22H,1,9,15-17H2,2-3H3/t19-,22+/m0/s1. The van der Waals surface area contributed by atoms with Crippen molar-refractivity contribution in [1.82, 2.24) is 4.90 Å². The summed E-state index contributed by atoms with van der Waals surface area (Å²) in [5.41, 5.74) is 8.74. The van der Waals surface area contributed by atoms with E-state index in [-0.39, 0.29) is 0 Å². The SMILES string of the molecule is C=C=C1[C@@H](CC2=CC=C(C)CC=C2)CCN1[C@@H](C)c1ccccc1. The Labute approximate surface area is 146 Å². The van der Waals surface area contributed by atoms with Gasteiger partial charge in [0.2, 0.25) is 0 Å². The fraction of sp³-hybridized carbons (Fsp3) is 0.348. The second-order valence-corrected chi connectivity index (χ2v) is 6.89. The smallest absolute Gasteiger partial charge is 0.0598 e. The maximum atomic E-state index is 3.99. The van der Waals surface area contributed by atoms with Crippen LogP contribution in [0.1, 0.15) is 44.7 Å². The van der Waals surface area contributed by atoms with Gasteiger partial charge in [-0.25, -0.2) is 0 Å². The van der Waals surface area contributed by atoms with Crippen molar-refractivity contribution in [3.8, 4) is 0 Å². The second-order valence-electron chi connectivity index (χ2n) is 6.89. The molecule has 0 N–H and O–H groups in total. The normalized spacial score (nSPS) is 21.8. The van der Waals surface area contributed by atoms with E-state index in [1.807, 2.05) is 0 Å². The molecule has 0 saturated carbocycles. The summed E-state index contributed by atoms with van der Waals surface area (Å²) >= 11 is 0. The summed E-state index contributed by atoms with van der Waals surface area (Å²) < 4.78 is 0. The second kappa shape index (κ2) is 7.55. The van der Waals surface area contributed by atoms with Crippen molar-refractivity contribution in [2.45, 2.75) is 39.2 Å². The summed E-state index contributed by atoms with van der Waals surface area (Å²) in [6.45, 7) is 9.55. The number of hydrogen-bond donors (Lipinski definition) is 0. The van der Waals surface area contributed by atoms with E-state index in [1.54, 1.807) is 0 Å². The van der Waals surface area contributed by atoms with Gasteiger partial charge in [0, 0.05) is 12.5 Å². The molecule has 0 radical (unpaired) electrons. The average molecular weight is 317 g/mol. The van der Waals surface area contributed by atoms with Crippen molar-refractivity contribution < 1.29 is 0 Å². The van der Waals surface area contributed by atoms with Crippen molar-refractivity contribution in [2.24, 2.45) is 5.92 Å². The summed E-state index contributed by atoms with van der Waals surface area (Å²) in [4.78, 5) is 2.48. The summed E-state index contributed by atoms with van der Waals surface area (Å²) in [6, 6.07) is 11.1. The van der Waals surface area contributed by atoms with Gasteiger partial charge in [-0.2, -0.15) is 0 Å². The zero-order chi connectivity index (χ0) is 16.9. The number of likely N-dealkylation sites (tertiary alicyclic amines) is 1. The largest absolute Gasteiger partial charge is 0.362 e. The van der Waals surface area contributed by atoms with Crippen molar-refractivity contribution in [3.63, 3.8) is 0 Å². The molecule has 1 heterocycles. The van der Waals surface area contributed by atoms with E-state index < -0.39 is 0 Å². The lowest BCUT2D eigenvalue weighted by atomic mass is 9.95. The molecule has 2 atom stereocenters. The Bertz CT molecular complexity index is 714. The molecule has 2 aliphatic rings. The zero-order valence-corrected chi connectivity index (χ0v) is 14.8. The van der Waals surface area contributed by atoms with Crippen molar-refractivity contribution in [3.05, 3.63) is 89.4 Å². The van der Waals surface area contributed by atoms with Crippen molar-refractivity contribution in [1.29, 1.82) is 0 Å². The highest BCUT2D eigenvalue weighted by Gasteiger charge is 2.31. The number of nitrogens with zero attached hydrogens (tertiary/aromatic N) is 1. The maximum Gasteiger partial charge on any atom is 0.0598 e. The van der Waals surface area contributed by atoms with Crippen LogP contribution in [-0.4, -0.2) is 11.4 Å². The lowest BCUT2D eigenvalue weighted by molar-refractivity contribution is 0.307. The third-order valence-electron chi connectivity index (χ3n) is 5.18. The van der Waals surface area contributed by atoms with E-state index in [1.165, 1.54) is 28.8 Å². The first kappa shape index (κ1) is 16.6. The Morgan fingerprint density at radius 2 is 2.04 bits per heavy atom. The Hall–Kier alpha value is -2.24. The first-order valence-corrected chi connectivity index (χ1v) is 8.93. The van der Waals surface area contributed by atoms with Crippen LogP contribution >= 0.6 is 0 Å². The molecule has 1 aromatic carbocycles.